The van der Waals surface area contributed by atoms with Crippen LogP contribution in [-0.4, -0.2) is 12.2 Å². The molecule has 0 fully saturated rings. The Kier molecular flexibility index (Phi) is 2.48. The van der Waals surface area contributed by atoms with Gasteiger partial charge in [0, 0.05) is 17.0 Å². The van der Waals surface area contributed by atoms with E-state index in [-0.39, 0.29) is 5.75 Å². The van der Waals surface area contributed by atoms with Gasteiger partial charge in [-0.05, 0) is 18.2 Å². The second kappa shape index (κ2) is 3.63. The highest BCUT2D eigenvalue weighted by atomic mass is 79.9. The molecule has 0 saturated heterocycles. The predicted octanol–water partition coefficient (Wildman–Crippen LogP) is 3.05. The summed E-state index contributed by atoms with van der Waals surface area (Å²) >= 11 is 3.38. The lowest BCUT2D eigenvalue weighted by Gasteiger charge is -1.94. The summed E-state index contributed by atoms with van der Waals surface area (Å²) in [5, 5.41) is 10.4. The zero-order valence-corrected chi connectivity index (χ0v) is 9.17. The lowest BCUT2D eigenvalue weighted by Crippen LogP contribution is -1.81. The molecule has 0 aliphatic carbocycles. The van der Waals surface area contributed by atoms with Gasteiger partial charge in [-0.15, -0.1) is 0 Å². The van der Waals surface area contributed by atoms with Crippen LogP contribution < -0.4 is 0 Å². The Balaban J connectivity index is 2.63. The molecule has 1 heterocycles. The van der Waals surface area contributed by atoms with Gasteiger partial charge >= 0.3 is 0 Å². The van der Waals surface area contributed by atoms with E-state index in [0.717, 1.165) is 9.86 Å². The lowest BCUT2D eigenvalue weighted by molar-refractivity contribution is 0.166. The highest BCUT2D eigenvalue weighted by molar-refractivity contribution is 9.10. The van der Waals surface area contributed by atoms with Crippen molar-refractivity contribution in [3.05, 3.63) is 28.4 Å². The summed E-state index contributed by atoms with van der Waals surface area (Å²) in [6.45, 7) is 0.403. The zero-order valence-electron chi connectivity index (χ0n) is 7.58. The van der Waals surface area contributed by atoms with Gasteiger partial charge < -0.3 is 14.3 Å². The van der Waals surface area contributed by atoms with Gasteiger partial charge in [0.15, 0.2) is 11.3 Å². The average Bonchev–Trinajstić information content (AvgIpc) is 2.57. The first-order valence-corrected chi connectivity index (χ1v) is 4.90. The monoisotopic (exact) mass is 256 g/mol. The zero-order chi connectivity index (χ0) is 10.1. The molecule has 4 heteroatoms. The molecule has 14 heavy (non-hydrogen) atoms. The normalized spacial score (nSPS) is 11.0. The molecule has 3 nitrogen and oxygen atoms in total. The number of ether oxygens (including phenoxy) is 1. The third-order valence-electron chi connectivity index (χ3n) is 1.95. The number of halogens is 1. The molecule has 0 bridgehead atoms. The van der Waals surface area contributed by atoms with Crippen molar-refractivity contribution in [2.24, 2.45) is 0 Å². The van der Waals surface area contributed by atoms with Crippen LogP contribution in [0.5, 0.6) is 5.75 Å². The van der Waals surface area contributed by atoms with E-state index in [2.05, 4.69) is 15.9 Å². The minimum atomic E-state index is 0.144. The van der Waals surface area contributed by atoms with E-state index in [0.29, 0.717) is 18.0 Å². The van der Waals surface area contributed by atoms with E-state index in [1.54, 1.807) is 19.2 Å². The SMILES string of the molecule is COCc1cc2c(Br)ccc(O)c2o1. The third-order valence-corrected chi connectivity index (χ3v) is 2.64. The van der Waals surface area contributed by atoms with Crippen LogP contribution in [0.2, 0.25) is 0 Å². The van der Waals surface area contributed by atoms with Crippen molar-refractivity contribution >= 4 is 26.9 Å². The fraction of sp³-hybridized carbons (Fsp3) is 0.200. The van der Waals surface area contributed by atoms with Crippen molar-refractivity contribution in [1.29, 1.82) is 0 Å². The van der Waals surface area contributed by atoms with E-state index in [1.165, 1.54) is 0 Å². The van der Waals surface area contributed by atoms with E-state index in [4.69, 9.17) is 9.15 Å². The summed E-state index contributed by atoms with van der Waals surface area (Å²) in [6, 6.07) is 5.22. The van der Waals surface area contributed by atoms with E-state index < -0.39 is 0 Å². The first-order chi connectivity index (χ1) is 6.72. The quantitative estimate of drug-likeness (QED) is 0.899. The second-order valence-electron chi connectivity index (χ2n) is 2.96. The van der Waals surface area contributed by atoms with Crippen molar-refractivity contribution in [3.8, 4) is 5.75 Å². The van der Waals surface area contributed by atoms with Gasteiger partial charge in [0.1, 0.15) is 12.4 Å². The standard InChI is InChI=1S/C10H9BrO3/c1-13-5-6-4-7-8(11)2-3-9(12)10(7)14-6/h2-4,12H,5H2,1H3. The molecule has 1 aromatic carbocycles. The molecular weight excluding hydrogens is 248 g/mol. The van der Waals surface area contributed by atoms with Crippen LogP contribution >= 0.6 is 15.9 Å². The van der Waals surface area contributed by atoms with Crippen LogP contribution in [0.15, 0.2) is 27.1 Å². The molecule has 2 aromatic rings. The van der Waals surface area contributed by atoms with Crippen LogP contribution in [0.3, 0.4) is 0 Å². The largest absolute Gasteiger partial charge is 0.504 e. The molecule has 74 valence electrons. The van der Waals surface area contributed by atoms with Crippen LogP contribution in [-0.2, 0) is 11.3 Å². The summed E-state index contributed by atoms with van der Waals surface area (Å²) in [6.07, 6.45) is 0. The molecule has 1 N–H and O–H groups in total. The molecule has 1 aromatic heterocycles. The third kappa shape index (κ3) is 1.51. The molecule has 0 aliphatic heterocycles. The van der Waals surface area contributed by atoms with E-state index in [1.807, 2.05) is 6.07 Å². The number of rotatable bonds is 2. The lowest BCUT2D eigenvalue weighted by atomic mass is 10.2. The molecule has 2 rings (SSSR count). The van der Waals surface area contributed by atoms with Gasteiger partial charge in [-0.1, -0.05) is 15.9 Å². The number of benzene rings is 1. The molecular formula is C10H9BrO3. The van der Waals surface area contributed by atoms with Gasteiger partial charge in [-0.2, -0.15) is 0 Å². The maximum absolute atomic E-state index is 9.52. The number of phenols is 1. The maximum atomic E-state index is 9.52. The number of hydrogen-bond donors (Lipinski definition) is 1. The van der Waals surface area contributed by atoms with Gasteiger partial charge in [0.2, 0.25) is 0 Å². The number of fused-ring (bicyclic) bond motifs is 1. The molecule has 0 saturated carbocycles. The van der Waals surface area contributed by atoms with Crippen LogP contribution in [0, 0.1) is 0 Å². The molecule has 0 atom stereocenters. The Morgan fingerprint density at radius 3 is 2.93 bits per heavy atom. The van der Waals surface area contributed by atoms with Crippen LogP contribution in [0.1, 0.15) is 5.76 Å². The average molecular weight is 257 g/mol. The summed E-state index contributed by atoms with van der Waals surface area (Å²) < 4.78 is 11.3. The Morgan fingerprint density at radius 1 is 1.50 bits per heavy atom. The summed E-state index contributed by atoms with van der Waals surface area (Å²) in [5.74, 6) is 0.843. The van der Waals surface area contributed by atoms with Crippen molar-refractivity contribution in [2.75, 3.05) is 7.11 Å². The number of aromatic hydroxyl groups is 1. The number of furan rings is 1. The Morgan fingerprint density at radius 2 is 2.29 bits per heavy atom. The Hall–Kier alpha value is -1.00. The first kappa shape index (κ1) is 9.55. The van der Waals surface area contributed by atoms with E-state index in [9.17, 15) is 5.11 Å². The number of methoxy groups -OCH3 is 1. The molecule has 0 spiro atoms. The molecule has 0 amide bonds. The molecule has 0 radical (unpaired) electrons. The van der Waals surface area contributed by atoms with Gasteiger partial charge in [0.25, 0.3) is 0 Å². The van der Waals surface area contributed by atoms with Gasteiger partial charge in [-0.25, -0.2) is 0 Å². The van der Waals surface area contributed by atoms with Crippen molar-refractivity contribution in [2.45, 2.75) is 6.61 Å². The highest BCUT2D eigenvalue weighted by Gasteiger charge is 2.10. The van der Waals surface area contributed by atoms with E-state index >= 15 is 0 Å². The molecule has 0 unspecified atom stereocenters. The van der Waals surface area contributed by atoms with Gasteiger partial charge in [0.05, 0.1) is 0 Å². The van der Waals surface area contributed by atoms with Crippen molar-refractivity contribution in [3.63, 3.8) is 0 Å². The highest BCUT2D eigenvalue weighted by Crippen LogP contribution is 2.33. The summed E-state index contributed by atoms with van der Waals surface area (Å²) in [7, 11) is 1.60. The first-order valence-electron chi connectivity index (χ1n) is 4.11. The van der Waals surface area contributed by atoms with Crippen molar-refractivity contribution < 1.29 is 14.3 Å². The maximum Gasteiger partial charge on any atom is 0.177 e. The second-order valence-corrected chi connectivity index (χ2v) is 3.81. The smallest absolute Gasteiger partial charge is 0.177 e. The minimum absolute atomic E-state index is 0.144. The van der Waals surface area contributed by atoms with Crippen LogP contribution in [0.25, 0.3) is 11.0 Å². The summed E-state index contributed by atoms with van der Waals surface area (Å²) in [5.41, 5.74) is 0.492. The van der Waals surface area contributed by atoms with Crippen LogP contribution in [0.4, 0.5) is 0 Å². The Bertz CT molecular complexity index is 423. The van der Waals surface area contributed by atoms with Crippen molar-refractivity contribution in [1.82, 2.24) is 0 Å². The Labute approximate surface area is 89.4 Å². The fourth-order valence-electron chi connectivity index (χ4n) is 1.34. The fourth-order valence-corrected chi connectivity index (χ4v) is 1.77. The topological polar surface area (TPSA) is 42.6 Å². The predicted molar refractivity (Wildman–Crippen MR) is 56.3 cm³/mol. The molecule has 0 aliphatic rings. The number of phenolic OH excluding ortho intramolecular Hbond substituents is 1. The minimum Gasteiger partial charge on any atom is -0.504 e. The summed E-state index contributed by atoms with van der Waals surface area (Å²) in [4.78, 5) is 0. The number of hydrogen-bond acceptors (Lipinski definition) is 3. The van der Waals surface area contributed by atoms with Gasteiger partial charge in [-0.3, -0.25) is 0 Å².